The summed E-state index contributed by atoms with van der Waals surface area (Å²) < 4.78 is 4.90. The fourth-order valence-corrected chi connectivity index (χ4v) is 2.48. The lowest BCUT2D eigenvalue weighted by atomic mass is 10.0. The molecule has 0 saturated carbocycles. The van der Waals surface area contributed by atoms with Crippen LogP contribution in [0.25, 0.3) is 0 Å². The maximum Gasteiger partial charge on any atom is 0.339 e. The van der Waals surface area contributed by atoms with E-state index in [2.05, 4.69) is 6.92 Å². The van der Waals surface area contributed by atoms with Gasteiger partial charge in [0, 0.05) is 0 Å². The number of hydrogen-bond donors (Lipinski definition) is 0. The van der Waals surface area contributed by atoms with Gasteiger partial charge in [0.15, 0.2) is 0 Å². The molecule has 0 rings (SSSR count). The highest BCUT2D eigenvalue weighted by Crippen LogP contribution is 2.12. The molecule has 0 atom stereocenters. The minimum Gasteiger partial charge on any atom is -0.464 e. The summed E-state index contributed by atoms with van der Waals surface area (Å²) in [6.07, 6.45) is 17.0. The zero-order valence-corrected chi connectivity index (χ0v) is 15.1. The Morgan fingerprint density at radius 1 is 0.762 bits per heavy atom. The lowest BCUT2D eigenvalue weighted by Gasteiger charge is -2.05. The number of hydrogen-bond acceptors (Lipinski definition) is 2. The highest BCUT2D eigenvalue weighted by molar-refractivity contribution is 6.52. The van der Waals surface area contributed by atoms with Gasteiger partial charge in [-0.1, -0.05) is 107 Å². The first-order valence-corrected chi connectivity index (χ1v) is 9.50. The molecule has 0 aromatic heterocycles. The first-order chi connectivity index (χ1) is 10.2. The highest BCUT2D eigenvalue weighted by Gasteiger charge is 2.11. The largest absolute Gasteiger partial charge is 0.464 e. The molecule has 0 N–H and O–H groups in total. The van der Waals surface area contributed by atoms with Crippen LogP contribution in [0.2, 0.25) is 0 Å². The van der Waals surface area contributed by atoms with Gasteiger partial charge in [-0.3, -0.25) is 0 Å². The Kier molecular flexibility index (Phi) is 16.5. The van der Waals surface area contributed by atoms with E-state index in [1.165, 1.54) is 70.6 Å². The maximum atomic E-state index is 11.0. The molecular weight excluding hydrogens is 307 g/mol. The average molecular weight is 339 g/mol. The van der Waals surface area contributed by atoms with Crippen molar-refractivity contribution >= 4 is 29.2 Å². The van der Waals surface area contributed by atoms with Crippen molar-refractivity contribution in [3.8, 4) is 0 Å². The van der Waals surface area contributed by atoms with Crippen molar-refractivity contribution < 1.29 is 9.53 Å². The zero-order chi connectivity index (χ0) is 15.8. The van der Waals surface area contributed by atoms with E-state index >= 15 is 0 Å². The van der Waals surface area contributed by atoms with Gasteiger partial charge in [0.1, 0.15) is 0 Å². The number of alkyl halides is 2. The second-order valence-electron chi connectivity index (χ2n) is 5.71. The predicted molar refractivity (Wildman–Crippen MR) is 92.1 cm³/mol. The van der Waals surface area contributed by atoms with Crippen LogP contribution in [0, 0.1) is 0 Å². The minimum absolute atomic E-state index is 0.437. The van der Waals surface area contributed by atoms with E-state index in [-0.39, 0.29) is 0 Å². The molecule has 21 heavy (non-hydrogen) atoms. The van der Waals surface area contributed by atoms with Gasteiger partial charge in [0.25, 0.3) is 0 Å². The molecule has 126 valence electrons. The monoisotopic (exact) mass is 338 g/mol. The van der Waals surface area contributed by atoms with Gasteiger partial charge in [-0.2, -0.15) is 0 Å². The standard InChI is InChI=1S/C17H32Cl2O2/c1-2-3-4-5-6-7-8-9-10-11-12-13-14-15-21-17(20)16(18)19/h16H,2-15H2,1H3. The van der Waals surface area contributed by atoms with Crippen molar-refractivity contribution in [2.75, 3.05) is 6.61 Å². The number of unbranched alkanes of at least 4 members (excludes halogenated alkanes) is 12. The Morgan fingerprint density at radius 2 is 1.14 bits per heavy atom. The quantitative estimate of drug-likeness (QED) is 0.195. The van der Waals surface area contributed by atoms with Gasteiger partial charge in [0.2, 0.25) is 4.84 Å². The second-order valence-corrected chi connectivity index (χ2v) is 6.81. The Balaban J connectivity index is 3.04. The molecule has 0 aromatic carbocycles. The third-order valence-corrected chi connectivity index (χ3v) is 4.03. The fraction of sp³-hybridized carbons (Fsp3) is 0.941. The molecule has 0 radical (unpaired) electrons. The van der Waals surface area contributed by atoms with E-state index < -0.39 is 10.8 Å². The van der Waals surface area contributed by atoms with E-state index in [1.54, 1.807) is 0 Å². The number of halogens is 2. The number of carbonyl (C=O) groups excluding carboxylic acids is 1. The fourth-order valence-electron chi connectivity index (χ4n) is 2.36. The molecular formula is C17H32Cl2O2. The van der Waals surface area contributed by atoms with Crippen molar-refractivity contribution in [1.82, 2.24) is 0 Å². The molecule has 0 aromatic rings. The molecule has 0 unspecified atom stereocenters. The Hall–Kier alpha value is 0.0500. The van der Waals surface area contributed by atoms with Crippen molar-refractivity contribution in [3.63, 3.8) is 0 Å². The maximum absolute atomic E-state index is 11.0. The van der Waals surface area contributed by atoms with Crippen LogP contribution in [0.5, 0.6) is 0 Å². The van der Waals surface area contributed by atoms with E-state index in [0.717, 1.165) is 12.8 Å². The van der Waals surface area contributed by atoms with Crippen LogP contribution in [-0.4, -0.2) is 17.4 Å². The first-order valence-electron chi connectivity index (χ1n) is 8.63. The minimum atomic E-state index is -1.05. The lowest BCUT2D eigenvalue weighted by Crippen LogP contribution is -2.12. The SMILES string of the molecule is CCCCCCCCCCCCCCCOC(=O)C(Cl)Cl. The molecule has 0 amide bonds. The van der Waals surface area contributed by atoms with Crippen LogP contribution in [0.4, 0.5) is 0 Å². The van der Waals surface area contributed by atoms with E-state index in [1.807, 2.05) is 0 Å². The smallest absolute Gasteiger partial charge is 0.339 e. The topological polar surface area (TPSA) is 26.3 Å². The Bertz CT molecular complexity index is 233. The van der Waals surface area contributed by atoms with Gasteiger partial charge in [-0.25, -0.2) is 4.79 Å². The van der Waals surface area contributed by atoms with Gasteiger partial charge in [0.05, 0.1) is 6.61 Å². The third kappa shape index (κ3) is 16.2. The van der Waals surface area contributed by atoms with Crippen molar-refractivity contribution in [1.29, 1.82) is 0 Å². The zero-order valence-electron chi connectivity index (χ0n) is 13.5. The summed E-state index contributed by atoms with van der Waals surface area (Å²) in [6.45, 7) is 2.70. The molecule has 0 aliphatic heterocycles. The van der Waals surface area contributed by atoms with E-state index in [0.29, 0.717) is 6.61 Å². The highest BCUT2D eigenvalue weighted by atomic mass is 35.5. The number of carbonyl (C=O) groups is 1. The van der Waals surface area contributed by atoms with Crippen LogP contribution >= 0.6 is 23.2 Å². The summed E-state index contributed by atoms with van der Waals surface area (Å²) in [5.74, 6) is -0.530. The van der Waals surface area contributed by atoms with Gasteiger partial charge < -0.3 is 4.74 Å². The van der Waals surface area contributed by atoms with E-state index in [9.17, 15) is 4.79 Å². The normalized spacial score (nSPS) is 11.0. The van der Waals surface area contributed by atoms with Gasteiger partial charge >= 0.3 is 5.97 Å². The Morgan fingerprint density at radius 3 is 1.52 bits per heavy atom. The van der Waals surface area contributed by atoms with Crippen molar-refractivity contribution in [3.05, 3.63) is 0 Å². The molecule has 0 aliphatic carbocycles. The van der Waals surface area contributed by atoms with E-state index in [4.69, 9.17) is 27.9 Å². The molecule has 0 aliphatic rings. The van der Waals surface area contributed by atoms with Crippen LogP contribution in [0.15, 0.2) is 0 Å². The summed E-state index contributed by atoms with van der Waals surface area (Å²) in [4.78, 5) is 9.93. The molecule has 0 bridgehead atoms. The number of rotatable bonds is 15. The number of ether oxygens (including phenoxy) is 1. The second kappa shape index (κ2) is 16.4. The van der Waals surface area contributed by atoms with Crippen LogP contribution < -0.4 is 0 Å². The van der Waals surface area contributed by atoms with Gasteiger partial charge in [-0.05, 0) is 6.42 Å². The summed E-state index contributed by atoms with van der Waals surface area (Å²) in [5.41, 5.74) is 0. The molecule has 2 nitrogen and oxygen atoms in total. The molecule has 4 heteroatoms. The van der Waals surface area contributed by atoms with Gasteiger partial charge in [-0.15, -0.1) is 0 Å². The van der Waals surface area contributed by atoms with Crippen LogP contribution in [0.1, 0.15) is 90.4 Å². The summed E-state index contributed by atoms with van der Waals surface area (Å²) >= 11 is 10.8. The average Bonchev–Trinajstić information content (AvgIpc) is 2.47. The van der Waals surface area contributed by atoms with Crippen molar-refractivity contribution in [2.45, 2.75) is 95.2 Å². The predicted octanol–water partition coefficient (Wildman–Crippen LogP) is 6.42. The van der Waals surface area contributed by atoms with Crippen LogP contribution in [-0.2, 0) is 9.53 Å². The first kappa shape index (κ1) is 21.0. The number of esters is 1. The summed E-state index contributed by atoms with van der Waals surface area (Å²) in [7, 11) is 0. The molecule has 0 fully saturated rings. The molecule has 0 spiro atoms. The summed E-state index contributed by atoms with van der Waals surface area (Å²) in [5, 5.41) is 0. The Labute approximate surface area is 140 Å². The van der Waals surface area contributed by atoms with Crippen LogP contribution in [0.3, 0.4) is 0 Å². The lowest BCUT2D eigenvalue weighted by molar-refractivity contribution is -0.141. The third-order valence-electron chi connectivity index (χ3n) is 3.67. The molecule has 0 heterocycles. The summed E-state index contributed by atoms with van der Waals surface area (Å²) in [6, 6.07) is 0. The molecule has 0 saturated heterocycles. The van der Waals surface area contributed by atoms with Crippen molar-refractivity contribution in [2.24, 2.45) is 0 Å².